The van der Waals surface area contributed by atoms with Gasteiger partial charge < -0.3 is 10.0 Å². The molecule has 3 nitrogen and oxygen atoms in total. The molecule has 0 fully saturated rings. The van der Waals surface area contributed by atoms with E-state index in [4.69, 9.17) is 5.73 Å². The summed E-state index contributed by atoms with van der Waals surface area (Å²) in [5.74, 6) is -0.313. The number of rotatable bonds is 2. The Morgan fingerprint density at radius 3 is 2.90 bits per heavy atom. The molecule has 1 amide bonds. The summed E-state index contributed by atoms with van der Waals surface area (Å²) >= 11 is 1.46. The van der Waals surface area contributed by atoms with Crippen LogP contribution >= 0.6 is 11.9 Å². The maximum absolute atomic E-state index is 10.4. The summed E-state index contributed by atoms with van der Waals surface area (Å²) in [7, 11) is 0. The van der Waals surface area contributed by atoms with E-state index < -0.39 is 0 Å². The van der Waals surface area contributed by atoms with Gasteiger partial charge in [0.05, 0.1) is 0 Å². The highest BCUT2D eigenvalue weighted by atomic mass is 32.2. The molecule has 0 atom stereocenters. The number of nitrogens with zero attached hydrogens (tertiary/aromatic N) is 1. The van der Waals surface area contributed by atoms with Crippen molar-refractivity contribution in [2.75, 3.05) is 6.54 Å². The van der Waals surface area contributed by atoms with Crippen molar-refractivity contribution in [2.45, 2.75) is 0 Å². The van der Waals surface area contributed by atoms with Gasteiger partial charge in [0, 0.05) is 6.20 Å². The topological polar surface area (TPSA) is 46.3 Å². The Bertz CT molecular complexity index is 188. The number of carbonyl (C=O) groups excluding carboxylic acids is 1. The van der Waals surface area contributed by atoms with E-state index in [1.807, 2.05) is 23.8 Å². The molecule has 10 heavy (non-hydrogen) atoms. The average Bonchev–Trinajstić information content (AvgIpc) is 1.88. The first-order chi connectivity index (χ1) is 4.79. The second-order valence-electron chi connectivity index (χ2n) is 1.82. The van der Waals surface area contributed by atoms with Crippen LogP contribution in [0.15, 0.2) is 23.8 Å². The lowest BCUT2D eigenvalue weighted by molar-refractivity contribution is -0.117. The SMILES string of the molecule is NC(=O)CN1C=CC=CS1. The predicted molar refractivity (Wildman–Crippen MR) is 41.8 cm³/mol. The Morgan fingerprint density at radius 2 is 2.40 bits per heavy atom. The van der Waals surface area contributed by atoms with Crippen molar-refractivity contribution in [3.8, 4) is 0 Å². The zero-order valence-electron chi connectivity index (χ0n) is 5.36. The molecule has 1 rings (SSSR count). The monoisotopic (exact) mass is 156 g/mol. The van der Waals surface area contributed by atoms with E-state index >= 15 is 0 Å². The number of hydrogen-bond acceptors (Lipinski definition) is 3. The van der Waals surface area contributed by atoms with Crippen molar-refractivity contribution in [3.05, 3.63) is 23.8 Å². The first-order valence-corrected chi connectivity index (χ1v) is 3.68. The summed E-state index contributed by atoms with van der Waals surface area (Å²) in [6, 6.07) is 0. The van der Waals surface area contributed by atoms with Crippen LogP contribution in [0.1, 0.15) is 0 Å². The molecule has 0 saturated carbocycles. The van der Waals surface area contributed by atoms with E-state index in [1.54, 1.807) is 4.31 Å². The van der Waals surface area contributed by atoms with Crippen LogP contribution in [0.3, 0.4) is 0 Å². The molecular weight excluding hydrogens is 148 g/mol. The molecule has 0 spiro atoms. The molecule has 0 radical (unpaired) electrons. The largest absolute Gasteiger partial charge is 0.368 e. The van der Waals surface area contributed by atoms with Crippen molar-refractivity contribution in [1.82, 2.24) is 4.31 Å². The van der Waals surface area contributed by atoms with E-state index in [1.165, 1.54) is 11.9 Å². The van der Waals surface area contributed by atoms with Crippen molar-refractivity contribution in [3.63, 3.8) is 0 Å². The van der Waals surface area contributed by atoms with Crippen LogP contribution in [0, 0.1) is 0 Å². The van der Waals surface area contributed by atoms with Crippen molar-refractivity contribution >= 4 is 17.9 Å². The highest BCUT2D eigenvalue weighted by molar-refractivity contribution is 8.00. The van der Waals surface area contributed by atoms with E-state index in [0.717, 1.165) is 0 Å². The molecule has 54 valence electrons. The third kappa shape index (κ3) is 2.14. The Hall–Kier alpha value is -0.900. The number of nitrogens with two attached hydrogens (primary N) is 1. The van der Waals surface area contributed by atoms with Gasteiger partial charge in [0.1, 0.15) is 6.54 Å². The maximum Gasteiger partial charge on any atom is 0.238 e. The first kappa shape index (κ1) is 7.21. The zero-order valence-corrected chi connectivity index (χ0v) is 6.17. The molecule has 1 heterocycles. The highest BCUT2D eigenvalue weighted by Crippen LogP contribution is 2.14. The van der Waals surface area contributed by atoms with E-state index in [2.05, 4.69) is 0 Å². The lowest BCUT2D eigenvalue weighted by atomic mass is 10.5. The van der Waals surface area contributed by atoms with E-state index in [-0.39, 0.29) is 12.5 Å². The van der Waals surface area contributed by atoms with Crippen LogP contribution in [0.5, 0.6) is 0 Å². The zero-order chi connectivity index (χ0) is 7.40. The molecule has 4 heteroatoms. The summed E-state index contributed by atoms with van der Waals surface area (Å²) in [5, 5.41) is 1.89. The summed E-state index contributed by atoms with van der Waals surface area (Å²) in [6.07, 6.45) is 5.58. The van der Waals surface area contributed by atoms with Crippen LogP contribution in [0.25, 0.3) is 0 Å². The van der Waals surface area contributed by atoms with Crippen LogP contribution in [0.2, 0.25) is 0 Å². The lowest BCUT2D eigenvalue weighted by Gasteiger charge is -2.15. The van der Waals surface area contributed by atoms with Crippen molar-refractivity contribution in [1.29, 1.82) is 0 Å². The summed E-state index contributed by atoms with van der Waals surface area (Å²) in [4.78, 5) is 10.4. The van der Waals surface area contributed by atoms with Crippen LogP contribution in [-0.2, 0) is 4.79 Å². The van der Waals surface area contributed by atoms with Gasteiger partial charge in [-0.05, 0) is 23.4 Å². The molecule has 1 aliphatic heterocycles. The second kappa shape index (κ2) is 3.31. The number of hydrogen-bond donors (Lipinski definition) is 1. The minimum atomic E-state index is -0.313. The van der Waals surface area contributed by atoms with Crippen LogP contribution in [0.4, 0.5) is 0 Å². The fourth-order valence-electron chi connectivity index (χ4n) is 0.583. The van der Waals surface area contributed by atoms with Crippen LogP contribution < -0.4 is 5.73 Å². The van der Waals surface area contributed by atoms with Gasteiger partial charge in [-0.25, -0.2) is 0 Å². The van der Waals surface area contributed by atoms with Crippen molar-refractivity contribution in [2.24, 2.45) is 5.73 Å². The van der Waals surface area contributed by atoms with Gasteiger partial charge in [0.25, 0.3) is 0 Å². The number of carbonyl (C=O) groups is 1. The van der Waals surface area contributed by atoms with Gasteiger partial charge in [-0.15, -0.1) is 0 Å². The molecule has 0 unspecified atom stereocenters. The molecule has 0 aromatic carbocycles. The van der Waals surface area contributed by atoms with Gasteiger partial charge >= 0.3 is 0 Å². The predicted octanol–water partition coefficient (Wildman–Crippen LogP) is 0.463. The Balaban J connectivity index is 2.37. The molecular formula is C6H8N2OS. The Kier molecular flexibility index (Phi) is 2.39. The quantitative estimate of drug-likeness (QED) is 0.591. The summed E-state index contributed by atoms with van der Waals surface area (Å²) in [5.41, 5.74) is 4.97. The third-order valence-electron chi connectivity index (χ3n) is 0.950. The maximum atomic E-state index is 10.4. The Morgan fingerprint density at radius 1 is 1.60 bits per heavy atom. The second-order valence-corrected chi connectivity index (χ2v) is 2.77. The third-order valence-corrected chi connectivity index (χ3v) is 1.75. The average molecular weight is 156 g/mol. The van der Waals surface area contributed by atoms with Crippen molar-refractivity contribution < 1.29 is 4.79 Å². The van der Waals surface area contributed by atoms with Gasteiger partial charge in [-0.1, -0.05) is 6.08 Å². The van der Waals surface area contributed by atoms with E-state index in [0.29, 0.717) is 0 Å². The number of amides is 1. The molecule has 1 aliphatic rings. The van der Waals surface area contributed by atoms with Gasteiger partial charge in [0.2, 0.25) is 5.91 Å². The van der Waals surface area contributed by atoms with Crippen LogP contribution in [-0.4, -0.2) is 16.8 Å². The van der Waals surface area contributed by atoms with Gasteiger partial charge in [-0.2, -0.15) is 0 Å². The standard InChI is InChI=1S/C6H8N2OS/c7-6(9)5-8-3-1-2-4-10-8/h1-4H,5H2,(H2,7,9). The molecule has 0 bridgehead atoms. The minimum Gasteiger partial charge on any atom is -0.368 e. The number of primary amides is 1. The summed E-state index contributed by atoms with van der Waals surface area (Å²) in [6.45, 7) is 0.269. The first-order valence-electron chi connectivity index (χ1n) is 2.84. The fraction of sp³-hybridized carbons (Fsp3) is 0.167. The van der Waals surface area contributed by atoms with Gasteiger partial charge in [0.15, 0.2) is 0 Å². The summed E-state index contributed by atoms with van der Waals surface area (Å²) < 4.78 is 1.77. The smallest absolute Gasteiger partial charge is 0.238 e. The highest BCUT2D eigenvalue weighted by Gasteiger charge is 2.02. The molecule has 0 saturated heterocycles. The molecule has 0 aromatic rings. The molecule has 0 aliphatic carbocycles. The number of allylic oxidation sites excluding steroid dienone is 2. The lowest BCUT2D eigenvalue weighted by Crippen LogP contribution is -2.25. The van der Waals surface area contributed by atoms with E-state index in [9.17, 15) is 4.79 Å². The normalized spacial score (nSPS) is 15.8. The van der Waals surface area contributed by atoms with Gasteiger partial charge in [-0.3, -0.25) is 4.79 Å². The molecule has 0 aromatic heterocycles. The molecule has 2 N–H and O–H groups in total. The fourth-order valence-corrected chi connectivity index (χ4v) is 1.24. The minimum absolute atomic E-state index is 0.269. The Labute approximate surface area is 63.7 Å².